The minimum atomic E-state index is -4.50. The smallest absolute Gasteiger partial charge is 0.269 e. The van der Waals surface area contributed by atoms with Gasteiger partial charge in [0.05, 0.1) is 17.7 Å². The largest absolute Gasteiger partial charge is 0.416 e. The number of hydrogen-bond donors (Lipinski definition) is 0. The van der Waals surface area contributed by atoms with E-state index < -0.39 is 23.6 Å². The van der Waals surface area contributed by atoms with Crippen molar-refractivity contribution in [2.24, 2.45) is 0 Å². The molecule has 0 N–H and O–H groups in total. The summed E-state index contributed by atoms with van der Waals surface area (Å²) in [6.45, 7) is -0.284. The first-order valence-corrected chi connectivity index (χ1v) is 7.64. The topological polar surface area (TPSA) is 37.4 Å². The van der Waals surface area contributed by atoms with E-state index in [4.69, 9.17) is 11.6 Å². The fraction of sp³-hybridized carbons (Fsp3) is 0.111. The average Bonchev–Trinajstić information content (AvgIpc) is 2.79. The van der Waals surface area contributed by atoms with Crippen molar-refractivity contribution in [1.82, 2.24) is 4.90 Å². The maximum absolute atomic E-state index is 12.8. The van der Waals surface area contributed by atoms with E-state index in [1.165, 1.54) is 12.1 Å². The number of amides is 2. The van der Waals surface area contributed by atoms with Gasteiger partial charge in [0.2, 0.25) is 0 Å². The SMILES string of the molecule is O=C1C(Cl)=C(c2ccccc2)C(=O)N1Cc1cccc(C(F)(F)F)c1. The van der Waals surface area contributed by atoms with Crippen molar-refractivity contribution in [3.8, 4) is 0 Å². The van der Waals surface area contributed by atoms with Crippen LogP contribution in [0.3, 0.4) is 0 Å². The third-order valence-electron chi connectivity index (χ3n) is 3.77. The molecule has 1 aliphatic rings. The van der Waals surface area contributed by atoms with Gasteiger partial charge in [-0.05, 0) is 23.3 Å². The molecule has 0 aliphatic carbocycles. The van der Waals surface area contributed by atoms with Gasteiger partial charge in [-0.15, -0.1) is 0 Å². The van der Waals surface area contributed by atoms with Gasteiger partial charge in [0.25, 0.3) is 11.8 Å². The summed E-state index contributed by atoms with van der Waals surface area (Å²) in [5, 5.41) is -0.233. The van der Waals surface area contributed by atoms with Gasteiger partial charge in [-0.2, -0.15) is 13.2 Å². The van der Waals surface area contributed by atoms with Crippen molar-refractivity contribution in [2.45, 2.75) is 12.7 Å². The normalized spacial score (nSPS) is 15.3. The zero-order valence-electron chi connectivity index (χ0n) is 12.7. The molecular weight excluding hydrogens is 355 g/mol. The van der Waals surface area contributed by atoms with E-state index in [0.717, 1.165) is 17.0 Å². The van der Waals surface area contributed by atoms with Gasteiger partial charge in [0.15, 0.2) is 0 Å². The van der Waals surface area contributed by atoms with Gasteiger partial charge in [-0.25, -0.2) is 0 Å². The predicted molar refractivity (Wildman–Crippen MR) is 86.2 cm³/mol. The van der Waals surface area contributed by atoms with Gasteiger partial charge < -0.3 is 0 Å². The molecule has 2 aromatic carbocycles. The van der Waals surface area contributed by atoms with Crippen molar-refractivity contribution in [3.63, 3.8) is 0 Å². The Morgan fingerprint density at radius 2 is 1.60 bits per heavy atom. The molecule has 2 aromatic rings. The molecule has 1 aliphatic heterocycles. The van der Waals surface area contributed by atoms with Crippen molar-refractivity contribution >= 4 is 29.0 Å². The summed E-state index contributed by atoms with van der Waals surface area (Å²) in [4.78, 5) is 25.7. The second-order valence-electron chi connectivity index (χ2n) is 5.45. The van der Waals surface area contributed by atoms with E-state index in [2.05, 4.69) is 0 Å². The van der Waals surface area contributed by atoms with Gasteiger partial charge in [-0.1, -0.05) is 54.1 Å². The lowest BCUT2D eigenvalue weighted by molar-refractivity contribution is -0.137. The highest BCUT2D eigenvalue weighted by Crippen LogP contribution is 2.34. The Bertz CT molecular complexity index is 875. The third-order valence-corrected chi connectivity index (χ3v) is 4.12. The highest BCUT2D eigenvalue weighted by Gasteiger charge is 2.38. The van der Waals surface area contributed by atoms with E-state index in [1.54, 1.807) is 30.3 Å². The average molecular weight is 366 g/mol. The Morgan fingerprint density at radius 3 is 2.24 bits per heavy atom. The monoisotopic (exact) mass is 365 g/mol. The second kappa shape index (κ2) is 6.37. The summed E-state index contributed by atoms with van der Waals surface area (Å²) in [6, 6.07) is 12.9. The molecule has 0 bridgehead atoms. The lowest BCUT2D eigenvalue weighted by atomic mass is 10.1. The number of nitrogens with zero attached hydrogens (tertiary/aromatic N) is 1. The van der Waals surface area contributed by atoms with Gasteiger partial charge in [-0.3, -0.25) is 14.5 Å². The Kier molecular flexibility index (Phi) is 4.39. The summed E-state index contributed by atoms with van der Waals surface area (Å²) >= 11 is 6.01. The molecule has 0 unspecified atom stereocenters. The number of carbonyl (C=O) groups is 2. The summed E-state index contributed by atoms with van der Waals surface area (Å²) in [6.07, 6.45) is -4.50. The zero-order chi connectivity index (χ0) is 18.2. The van der Waals surface area contributed by atoms with E-state index in [9.17, 15) is 22.8 Å². The van der Waals surface area contributed by atoms with Crippen molar-refractivity contribution < 1.29 is 22.8 Å². The lowest BCUT2D eigenvalue weighted by Gasteiger charge is -2.16. The summed E-state index contributed by atoms with van der Waals surface area (Å²) in [5.74, 6) is -1.35. The molecule has 0 spiro atoms. The number of hydrogen-bond acceptors (Lipinski definition) is 2. The van der Waals surface area contributed by atoms with Crippen LogP contribution in [-0.4, -0.2) is 16.7 Å². The first-order valence-electron chi connectivity index (χ1n) is 7.26. The third kappa shape index (κ3) is 3.30. The molecule has 1 heterocycles. The zero-order valence-corrected chi connectivity index (χ0v) is 13.4. The maximum Gasteiger partial charge on any atom is 0.416 e. The molecule has 2 amide bonds. The first kappa shape index (κ1) is 17.2. The molecule has 128 valence electrons. The van der Waals surface area contributed by atoms with Crippen molar-refractivity contribution in [1.29, 1.82) is 0 Å². The Hall–Kier alpha value is -2.60. The van der Waals surface area contributed by atoms with Gasteiger partial charge in [0, 0.05) is 0 Å². The molecule has 0 radical (unpaired) electrons. The van der Waals surface area contributed by atoms with Crippen LogP contribution in [-0.2, 0) is 22.3 Å². The van der Waals surface area contributed by atoms with Crippen molar-refractivity contribution in [3.05, 3.63) is 76.3 Å². The van der Waals surface area contributed by atoms with Crippen LogP contribution in [0.15, 0.2) is 59.6 Å². The molecule has 0 aromatic heterocycles. The second-order valence-corrected chi connectivity index (χ2v) is 5.83. The number of imide groups is 1. The molecule has 0 fully saturated rings. The maximum atomic E-state index is 12.8. The Labute approximate surface area is 146 Å². The van der Waals surface area contributed by atoms with Crippen LogP contribution < -0.4 is 0 Å². The lowest BCUT2D eigenvalue weighted by Crippen LogP contribution is -2.30. The molecule has 25 heavy (non-hydrogen) atoms. The minimum absolute atomic E-state index is 0.0549. The summed E-state index contributed by atoms with van der Waals surface area (Å²) in [5.41, 5.74) is -0.113. The number of carbonyl (C=O) groups excluding carboxylic acids is 2. The Morgan fingerprint density at radius 1 is 0.920 bits per heavy atom. The molecular formula is C18H11ClF3NO2. The molecule has 3 nitrogen and oxygen atoms in total. The summed E-state index contributed by atoms with van der Waals surface area (Å²) in [7, 11) is 0. The molecule has 0 saturated heterocycles. The van der Waals surface area contributed by atoms with E-state index in [1.807, 2.05) is 0 Å². The van der Waals surface area contributed by atoms with Crippen molar-refractivity contribution in [2.75, 3.05) is 0 Å². The number of halogens is 4. The van der Waals surface area contributed by atoms with Crippen LogP contribution >= 0.6 is 11.6 Å². The standard InChI is InChI=1S/C18H11ClF3NO2/c19-15-14(12-6-2-1-3-7-12)16(24)23(17(15)25)10-11-5-4-8-13(9-11)18(20,21)22/h1-9H,10H2. The highest BCUT2D eigenvalue weighted by atomic mass is 35.5. The number of benzene rings is 2. The first-order chi connectivity index (χ1) is 11.8. The van der Waals surface area contributed by atoms with Crippen LogP contribution in [0.4, 0.5) is 13.2 Å². The van der Waals surface area contributed by atoms with E-state index >= 15 is 0 Å². The van der Waals surface area contributed by atoms with Gasteiger partial charge >= 0.3 is 6.18 Å². The molecule has 0 saturated carbocycles. The molecule has 0 atom stereocenters. The Balaban J connectivity index is 1.89. The molecule has 3 rings (SSSR count). The van der Waals surface area contributed by atoms with Crippen LogP contribution in [0.5, 0.6) is 0 Å². The fourth-order valence-electron chi connectivity index (χ4n) is 2.57. The van der Waals surface area contributed by atoms with E-state index in [0.29, 0.717) is 5.56 Å². The van der Waals surface area contributed by atoms with Crippen LogP contribution in [0.1, 0.15) is 16.7 Å². The highest BCUT2D eigenvalue weighted by molar-refractivity contribution is 6.55. The van der Waals surface area contributed by atoms with Crippen LogP contribution in [0.25, 0.3) is 5.57 Å². The minimum Gasteiger partial charge on any atom is -0.269 e. The number of rotatable bonds is 3. The quantitative estimate of drug-likeness (QED) is 0.763. The summed E-state index contributed by atoms with van der Waals surface area (Å²) < 4.78 is 38.4. The molecule has 7 heteroatoms. The van der Waals surface area contributed by atoms with E-state index in [-0.39, 0.29) is 22.7 Å². The fourth-order valence-corrected chi connectivity index (χ4v) is 2.87. The number of alkyl halides is 3. The van der Waals surface area contributed by atoms with Crippen LogP contribution in [0, 0.1) is 0 Å². The van der Waals surface area contributed by atoms with Crippen LogP contribution in [0.2, 0.25) is 0 Å². The predicted octanol–water partition coefficient (Wildman–Crippen LogP) is 4.22. The van der Waals surface area contributed by atoms with Gasteiger partial charge in [0.1, 0.15) is 5.03 Å².